The van der Waals surface area contributed by atoms with Crippen LogP contribution in [0.15, 0.2) is 29.9 Å². The van der Waals surface area contributed by atoms with E-state index in [0.717, 1.165) is 29.1 Å². The molecule has 0 saturated heterocycles. The van der Waals surface area contributed by atoms with Gasteiger partial charge in [-0.3, -0.25) is 9.78 Å². The second kappa shape index (κ2) is 7.49. The molecule has 4 nitrogen and oxygen atoms in total. The van der Waals surface area contributed by atoms with Crippen molar-refractivity contribution in [3.63, 3.8) is 0 Å². The van der Waals surface area contributed by atoms with Gasteiger partial charge in [-0.2, -0.15) is 0 Å². The Labute approximate surface area is 135 Å². The number of hydrogen-bond donors (Lipinski definition) is 1. The van der Waals surface area contributed by atoms with E-state index in [1.165, 1.54) is 19.3 Å². The van der Waals surface area contributed by atoms with Crippen molar-refractivity contribution in [1.82, 2.24) is 15.3 Å². The van der Waals surface area contributed by atoms with Crippen LogP contribution in [0, 0.1) is 0 Å². The predicted molar refractivity (Wildman–Crippen MR) is 88.7 cm³/mol. The number of carbonyl (C=O) groups excluding carboxylic acids is 1. The molecule has 2 heterocycles. The van der Waals surface area contributed by atoms with E-state index in [1.54, 1.807) is 23.7 Å². The highest BCUT2D eigenvalue weighted by Crippen LogP contribution is 2.22. The second-order valence-electron chi connectivity index (χ2n) is 5.76. The molecule has 0 spiro atoms. The van der Waals surface area contributed by atoms with Gasteiger partial charge >= 0.3 is 0 Å². The zero-order valence-electron chi connectivity index (χ0n) is 12.6. The van der Waals surface area contributed by atoms with Gasteiger partial charge in [0.05, 0.1) is 10.7 Å². The molecule has 0 unspecified atom stereocenters. The van der Waals surface area contributed by atoms with Crippen LogP contribution in [0.25, 0.3) is 11.3 Å². The molecular formula is C17H21N3OS. The first-order chi connectivity index (χ1) is 10.8. The summed E-state index contributed by atoms with van der Waals surface area (Å²) in [6, 6.07) is 4.30. The summed E-state index contributed by atoms with van der Waals surface area (Å²) in [5.74, 6) is 0.160. The summed E-state index contributed by atoms with van der Waals surface area (Å²) >= 11 is 1.62. The molecule has 22 heavy (non-hydrogen) atoms. The third-order valence-corrected chi connectivity index (χ3v) is 4.97. The van der Waals surface area contributed by atoms with Gasteiger partial charge in [-0.15, -0.1) is 11.3 Å². The van der Waals surface area contributed by atoms with Gasteiger partial charge in [0, 0.05) is 42.2 Å². The molecule has 0 aliphatic heterocycles. The predicted octanol–water partition coefficient (Wildman–Crippen LogP) is 3.59. The molecule has 0 bridgehead atoms. The van der Waals surface area contributed by atoms with Crippen LogP contribution in [0.4, 0.5) is 0 Å². The largest absolute Gasteiger partial charge is 0.353 e. The molecule has 1 aliphatic rings. The van der Waals surface area contributed by atoms with Gasteiger partial charge in [0.2, 0.25) is 5.91 Å². The van der Waals surface area contributed by atoms with Crippen LogP contribution in [-0.2, 0) is 11.2 Å². The lowest BCUT2D eigenvalue weighted by Crippen LogP contribution is -2.36. The number of aryl methyl sites for hydroxylation is 1. The van der Waals surface area contributed by atoms with Gasteiger partial charge in [0.15, 0.2) is 0 Å². The Morgan fingerprint density at radius 2 is 2.00 bits per heavy atom. The highest BCUT2D eigenvalue weighted by Gasteiger charge is 2.15. The number of aromatic nitrogens is 2. The van der Waals surface area contributed by atoms with Crippen molar-refractivity contribution in [2.45, 2.75) is 51.0 Å². The minimum Gasteiger partial charge on any atom is -0.353 e. The average molecular weight is 315 g/mol. The number of nitrogens with one attached hydrogen (secondary N) is 1. The molecule has 1 saturated carbocycles. The minimum absolute atomic E-state index is 0.160. The van der Waals surface area contributed by atoms with Gasteiger partial charge in [-0.1, -0.05) is 19.3 Å². The summed E-state index contributed by atoms with van der Waals surface area (Å²) < 4.78 is 0. The summed E-state index contributed by atoms with van der Waals surface area (Å²) in [5, 5.41) is 6.22. The number of carbonyl (C=O) groups is 1. The van der Waals surface area contributed by atoms with Crippen molar-refractivity contribution in [1.29, 1.82) is 0 Å². The summed E-state index contributed by atoms with van der Waals surface area (Å²) in [4.78, 5) is 20.6. The zero-order chi connectivity index (χ0) is 15.2. The van der Waals surface area contributed by atoms with Crippen molar-refractivity contribution in [3.05, 3.63) is 34.9 Å². The number of amides is 1. The first-order valence-corrected chi connectivity index (χ1v) is 8.83. The number of nitrogens with zero attached hydrogens (tertiary/aromatic N) is 2. The van der Waals surface area contributed by atoms with Gasteiger partial charge < -0.3 is 5.32 Å². The van der Waals surface area contributed by atoms with E-state index in [-0.39, 0.29) is 5.91 Å². The molecule has 5 heteroatoms. The number of hydrogen-bond acceptors (Lipinski definition) is 4. The lowest BCUT2D eigenvalue weighted by molar-refractivity contribution is -0.121. The summed E-state index contributed by atoms with van der Waals surface area (Å²) in [7, 11) is 0. The monoisotopic (exact) mass is 315 g/mol. The molecule has 116 valence electrons. The van der Waals surface area contributed by atoms with Crippen LogP contribution in [-0.4, -0.2) is 21.9 Å². The maximum Gasteiger partial charge on any atom is 0.220 e. The van der Waals surface area contributed by atoms with E-state index in [4.69, 9.17) is 0 Å². The van der Waals surface area contributed by atoms with Crippen LogP contribution < -0.4 is 5.32 Å². The lowest BCUT2D eigenvalue weighted by atomic mass is 9.95. The standard InChI is InChI=1S/C17H21N3OS/c21-16(19-14-4-2-1-3-5-14)6-7-17-20-15(12-22-17)13-8-10-18-11-9-13/h8-12,14H,1-7H2,(H,19,21). The molecular weight excluding hydrogens is 294 g/mol. The Bertz CT molecular complexity index is 605. The quantitative estimate of drug-likeness (QED) is 0.917. The Morgan fingerprint density at radius 1 is 1.23 bits per heavy atom. The number of pyridine rings is 1. The maximum absolute atomic E-state index is 12.0. The number of rotatable bonds is 5. The van der Waals surface area contributed by atoms with E-state index < -0.39 is 0 Å². The fraction of sp³-hybridized carbons (Fsp3) is 0.471. The van der Waals surface area contributed by atoms with Crippen molar-refractivity contribution in [2.75, 3.05) is 0 Å². The normalized spacial score (nSPS) is 15.6. The average Bonchev–Trinajstić information content (AvgIpc) is 3.04. The van der Waals surface area contributed by atoms with E-state index >= 15 is 0 Å². The molecule has 1 aliphatic carbocycles. The van der Waals surface area contributed by atoms with E-state index in [9.17, 15) is 4.79 Å². The van der Waals surface area contributed by atoms with Crippen LogP contribution >= 0.6 is 11.3 Å². The van der Waals surface area contributed by atoms with Crippen molar-refractivity contribution in [3.8, 4) is 11.3 Å². The molecule has 1 amide bonds. The first kappa shape index (κ1) is 15.2. The summed E-state index contributed by atoms with van der Waals surface area (Å²) in [5.41, 5.74) is 2.04. The molecule has 1 N–H and O–H groups in total. The van der Waals surface area contributed by atoms with Gasteiger partial charge in [-0.05, 0) is 25.0 Å². The third-order valence-electron chi connectivity index (χ3n) is 4.06. The molecule has 1 fully saturated rings. The van der Waals surface area contributed by atoms with E-state index in [0.29, 0.717) is 18.9 Å². The van der Waals surface area contributed by atoms with Gasteiger partial charge in [0.1, 0.15) is 0 Å². The van der Waals surface area contributed by atoms with Crippen LogP contribution in [0.5, 0.6) is 0 Å². The maximum atomic E-state index is 12.0. The smallest absolute Gasteiger partial charge is 0.220 e. The van der Waals surface area contributed by atoms with Crippen LogP contribution in [0.3, 0.4) is 0 Å². The van der Waals surface area contributed by atoms with E-state index in [1.807, 2.05) is 17.5 Å². The Hall–Kier alpha value is -1.75. The molecule has 0 radical (unpaired) electrons. The van der Waals surface area contributed by atoms with E-state index in [2.05, 4.69) is 15.3 Å². The Morgan fingerprint density at radius 3 is 2.77 bits per heavy atom. The fourth-order valence-corrected chi connectivity index (χ4v) is 3.66. The highest BCUT2D eigenvalue weighted by molar-refractivity contribution is 7.09. The highest BCUT2D eigenvalue weighted by atomic mass is 32.1. The third kappa shape index (κ3) is 4.13. The minimum atomic E-state index is 0.160. The lowest BCUT2D eigenvalue weighted by Gasteiger charge is -2.22. The zero-order valence-corrected chi connectivity index (χ0v) is 13.4. The molecule has 3 rings (SSSR count). The number of thiazole rings is 1. The Balaban J connectivity index is 1.49. The molecule has 2 aromatic rings. The molecule has 0 aromatic carbocycles. The SMILES string of the molecule is O=C(CCc1nc(-c2ccncc2)cs1)NC1CCCCC1. The molecule has 2 aromatic heterocycles. The van der Waals surface area contributed by atoms with Gasteiger partial charge in [0.25, 0.3) is 0 Å². The van der Waals surface area contributed by atoms with Crippen molar-refractivity contribution < 1.29 is 4.79 Å². The fourth-order valence-electron chi connectivity index (χ4n) is 2.85. The summed E-state index contributed by atoms with van der Waals surface area (Å²) in [6.45, 7) is 0. The van der Waals surface area contributed by atoms with Crippen molar-refractivity contribution in [2.24, 2.45) is 0 Å². The molecule has 0 atom stereocenters. The second-order valence-corrected chi connectivity index (χ2v) is 6.71. The van der Waals surface area contributed by atoms with Crippen LogP contribution in [0.1, 0.15) is 43.5 Å². The Kier molecular flexibility index (Phi) is 5.16. The van der Waals surface area contributed by atoms with Gasteiger partial charge in [-0.25, -0.2) is 4.98 Å². The topological polar surface area (TPSA) is 54.9 Å². The van der Waals surface area contributed by atoms with Crippen molar-refractivity contribution >= 4 is 17.2 Å². The first-order valence-electron chi connectivity index (χ1n) is 7.95. The van der Waals surface area contributed by atoms with Crippen LogP contribution in [0.2, 0.25) is 0 Å². The summed E-state index contributed by atoms with van der Waals surface area (Å²) in [6.07, 6.45) is 10.8.